The SMILES string of the molecule is CNC(c1cc2cccc(Br)c2o1)c1ccc(C)cc1C. The van der Waals surface area contributed by atoms with Gasteiger partial charge >= 0.3 is 0 Å². The van der Waals surface area contributed by atoms with Gasteiger partial charge in [0.2, 0.25) is 0 Å². The maximum atomic E-state index is 6.08. The van der Waals surface area contributed by atoms with Crippen molar-refractivity contribution in [1.82, 2.24) is 5.32 Å². The molecule has 3 aromatic rings. The molecular formula is C18H18BrNO. The molecule has 0 aliphatic heterocycles. The van der Waals surface area contributed by atoms with E-state index in [2.05, 4.69) is 65.4 Å². The topological polar surface area (TPSA) is 25.2 Å². The number of nitrogens with one attached hydrogen (secondary N) is 1. The van der Waals surface area contributed by atoms with Crippen LogP contribution in [-0.2, 0) is 0 Å². The third kappa shape index (κ3) is 2.63. The van der Waals surface area contributed by atoms with Gasteiger partial charge in [-0.25, -0.2) is 0 Å². The summed E-state index contributed by atoms with van der Waals surface area (Å²) in [5.41, 5.74) is 4.70. The number of rotatable bonds is 3. The Balaban J connectivity index is 2.11. The Morgan fingerprint density at radius 2 is 1.90 bits per heavy atom. The first-order valence-electron chi connectivity index (χ1n) is 7.02. The molecule has 0 bridgehead atoms. The summed E-state index contributed by atoms with van der Waals surface area (Å²) in [5.74, 6) is 0.936. The Morgan fingerprint density at radius 3 is 2.57 bits per heavy atom. The van der Waals surface area contributed by atoms with Gasteiger partial charge in [-0.05, 0) is 60.1 Å². The zero-order valence-electron chi connectivity index (χ0n) is 12.4. The Hall–Kier alpha value is -1.58. The third-order valence-electron chi connectivity index (χ3n) is 3.82. The molecule has 1 unspecified atom stereocenters. The molecule has 0 spiro atoms. The molecular weight excluding hydrogens is 326 g/mol. The summed E-state index contributed by atoms with van der Waals surface area (Å²) in [6.45, 7) is 4.26. The largest absolute Gasteiger partial charge is 0.458 e. The summed E-state index contributed by atoms with van der Waals surface area (Å²) < 4.78 is 7.07. The number of benzene rings is 2. The number of fused-ring (bicyclic) bond motifs is 1. The number of hydrogen-bond acceptors (Lipinski definition) is 2. The van der Waals surface area contributed by atoms with Crippen LogP contribution in [0.3, 0.4) is 0 Å². The molecule has 1 atom stereocenters. The summed E-state index contributed by atoms with van der Waals surface area (Å²) in [4.78, 5) is 0. The summed E-state index contributed by atoms with van der Waals surface area (Å²) in [6.07, 6.45) is 0. The van der Waals surface area contributed by atoms with Crippen molar-refractivity contribution in [2.75, 3.05) is 7.05 Å². The van der Waals surface area contributed by atoms with E-state index in [4.69, 9.17) is 4.42 Å². The van der Waals surface area contributed by atoms with Crippen LogP contribution in [0.1, 0.15) is 28.5 Å². The van der Waals surface area contributed by atoms with Crippen LogP contribution in [0.2, 0.25) is 0 Å². The van der Waals surface area contributed by atoms with E-state index in [1.165, 1.54) is 16.7 Å². The fourth-order valence-electron chi connectivity index (χ4n) is 2.79. The zero-order chi connectivity index (χ0) is 15.0. The Labute approximate surface area is 133 Å². The molecule has 0 aliphatic carbocycles. The third-order valence-corrected chi connectivity index (χ3v) is 4.45. The predicted octanol–water partition coefficient (Wildman–Crippen LogP) is 5.12. The molecule has 3 heteroatoms. The average Bonchev–Trinajstić information content (AvgIpc) is 2.87. The highest BCUT2D eigenvalue weighted by Crippen LogP contribution is 2.33. The van der Waals surface area contributed by atoms with Crippen molar-refractivity contribution in [2.45, 2.75) is 19.9 Å². The smallest absolute Gasteiger partial charge is 0.148 e. The number of halogens is 1. The van der Waals surface area contributed by atoms with E-state index in [0.717, 1.165) is 21.2 Å². The van der Waals surface area contributed by atoms with Crippen molar-refractivity contribution in [3.8, 4) is 0 Å². The monoisotopic (exact) mass is 343 g/mol. The fraction of sp³-hybridized carbons (Fsp3) is 0.222. The lowest BCUT2D eigenvalue weighted by Crippen LogP contribution is -2.18. The standard InChI is InChI=1S/C18H18BrNO/c1-11-7-8-14(12(2)9-11)17(20-3)16-10-13-5-4-6-15(19)18(13)21-16/h4-10,17,20H,1-3H3. The van der Waals surface area contributed by atoms with Crippen LogP contribution in [-0.4, -0.2) is 7.05 Å². The first-order chi connectivity index (χ1) is 10.1. The fourth-order valence-corrected chi connectivity index (χ4v) is 3.25. The van der Waals surface area contributed by atoms with Crippen molar-refractivity contribution >= 4 is 26.9 Å². The van der Waals surface area contributed by atoms with Gasteiger partial charge in [0, 0.05) is 5.39 Å². The zero-order valence-corrected chi connectivity index (χ0v) is 14.0. The molecule has 21 heavy (non-hydrogen) atoms. The molecule has 0 aliphatic rings. The molecule has 1 heterocycles. The van der Waals surface area contributed by atoms with Crippen LogP contribution in [0.4, 0.5) is 0 Å². The van der Waals surface area contributed by atoms with Gasteiger partial charge in [-0.3, -0.25) is 0 Å². The number of furan rings is 1. The van der Waals surface area contributed by atoms with Crippen molar-refractivity contribution in [2.24, 2.45) is 0 Å². The number of para-hydroxylation sites is 1. The summed E-state index contributed by atoms with van der Waals surface area (Å²) in [6, 6.07) is 14.8. The van der Waals surface area contributed by atoms with Crippen LogP contribution in [0, 0.1) is 13.8 Å². The van der Waals surface area contributed by atoms with Gasteiger partial charge in [0.1, 0.15) is 11.3 Å². The van der Waals surface area contributed by atoms with Gasteiger partial charge in [-0.2, -0.15) is 0 Å². The van der Waals surface area contributed by atoms with E-state index in [0.29, 0.717) is 0 Å². The molecule has 0 fully saturated rings. The molecule has 2 aromatic carbocycles. The number of aryl methyl sites for hydroxylation is 2. The van der Waals surface area contributed by atoms with E-state index in [1.807, 2.05) is 19.2 Å². The second kappa shape index (κ2) is 5.66. The lowest BCUT2D eigenvalue weighted by molar-refractivity contribution is 0.489. The van der Waals surface area contributed by atoms with Gasteiger partial charge in [-0.1, -0.05) is 35.9 Å². The Kier molecular flexibility index (Phi) is 3.87. The predicted molar refractivity (Wildman–Crippen MR) is 90.7 cm³/mol. The quantitative estimate of drug-likeness (QED) is 0.713. The van der Waals surface area contributed by atoms with Crippen molar-refractivity contribution < 1.29 is 4.42 Å². The van der Waals surface area contributed by atoms with Gasteiger partial charge in [0.25, 0.3) is 0 Å². The highest BCUT2D eigenvalue weighted by atomic mass is 79.9. The van der Waals surface area contributed by atoms with Gasteiger partial charge in [-0.15, -0.1) is 0 Å². The summed E-state index contributed by atoms with van der Waals surface area (Å²) in [5, 5.41) is 4.48. The van der Waals surface area contributed by atoms with Crippen molar-refractivity contribution in [3.63, 3.8) is 0 Å². The van der Waals surface area contributed by atoms with E-state index in [-0.39, 0.29) is 6.04 Å². The minimum absolute atomic E-state index is 0.0601. The van der Waals surface area contributed by atoms with Crippen LogP contribution in [0.25, 0.3) is 11.0 Å². The second-order valence-corrected chi connectivity index (χ2v) is 6.24. The minimum Gasteiger partial charge on any atom is -0.458 e. The second-order valence-electron chi connectivity index (χ2n) is 5.39. The van der Waals surface area contributed by atoms with E-state index < -0.39 is 0 Å². The summed E-state index contributed by atoms with van der Waals surface area (Å²) in [7, 11) is 1.96. The molecule has 0 amide bonds. The highest BCUT2D eigenvalue weighted by molar-refractivity contribution is 9.10. The Bertz CT molecular complexity index is 791. The normalized spacial score (nSPS) is 12.8. The highest BCUT2D eigenvalue weighted by Gasteiger charge is 2.19. The maximum absolute atomic E-state index is 6.08. The van der Waals surface area contributed by atoms with E-state index in [1.54, 1.807) is 0 Å². The first kappa shape index (κ1) is 14.4. The van der Waals surface area contributed by atoms with Gasteiger partial charge in [0.05, 0.1) is 10.5 Å². The van der Waals surface area contributed by atoms with Crippen LogP contribution in [0.15, 0.2) is 51.4 Å². The molecule has 1 aromatic heterocycles. The van der Waals surface area contributed by atoms with E-state index >= 15 is 0 Å². The average molecular weight is 344 g/mol. The molecule has 3 rings (SSSR count). The molecule has 0 radical (unpaired) electrons. The number of hydrogen-bond donors (Lipinski definition) is 1. The first-order valence-corrected chi connectivity index (χ1v) is 7.82. The van der Waals surface area contributed by atoms with Crippen LogP contribution in [0.5, 0.6) is 0 Å². The van der Waals surface area contributed by atoms with Crippen LogP contribution >= 0.6 is 15.9 Å². The lowest BCUT2D eigenvalue weighted by atomic mass is 9.97. The lowest BCUT2D eigenvalue weighted by Gasteiger charge is -2.17. The van der Waals surface area contributed by atoms with Gasteiger partial charge in [0.15, 0.2) is 0 Å². The molecule has 2 nitrogen and oxygen atoms in total. The molecule has 108 valence electrons. The van der Waals surface area contributed by atoms with Crippen molar-refractivity contribution in [1.29, 1.82) is 0 Å². The molecule has 1 N–H and O–H groups in total. The van der Waals surface area contributed by atoms with Crippen molar-refractivity contribution in [3.05, 3.63) is 69.4 Å². The van der Waals surface area contributed by atoms with Crippen LogP contribution < -0.4 is 5.32 Å². The minimum atomic E-state index is 0.0601. The van der Waals surface area contributed by atoms with E-state index in [9.17, 15) is 0 Å². The maximum Gasteiger partial charge on any atom is 0.148 e. The van der Waals surface area contributed by atoms with Gasteiger partial charge < -0.3 is 9.73 Å². The Morgan fingerprint density at radius 1 is 1.10 bits per heavy atom. The molecule has 0 saturated carbocycles. The molecule has 0 saturated heterocycles. The summed E-state index contributed by atoms with van der Waals surface area (Å²) >= 11 is 3.55.